The molecule has 0 aromatic carbocycles. The molecule has 1 atom stereocenters. The van der Waals surface area contributed by atoms with Gasteiger partial charge in [0.2, 0.25) is 17.7 Å². The van der Waals surface area contributed by atoms with Crippen molar-refractivity contribution in [1.82, 2.24) is 10.2 Å². The van der Waals surface area contributed by atoms with Crippen LogP contribution in [0.5, 0.6) is 0 Å². The van der Waals surface area contributed by atoms with Gasteiger partial charge in [-0.1, -0.05) is 33.1 Å². The first kappa shape index (κ1) is 18.7. The maximum Gasteiger partial charge on any atom is 0.245 e. The minimum Gasteiger partial charge on any atom is -0.369 e. The van der Waals surface area contributed by atoms with Crippen LogP contribution in [0.2, 0.25) is 0 Å². The lowest BCUT2D eigenvalue weighted by atomic mass is 9.88. The molecule has 0 spiro atoms. The van der Waals surface area contributed by atoms with Crippen LogP contribution in [0.1, 0.15) is 58.8 Å². The first-order valence-electron chi connectivity index (χ1n) is 9.28. The average Bonchev–Trinajstić information content (AvgIpc) is 2.59. The summed E-state index contributed by atoms with van der Waals surface area (Å²) in [5, 5.41) is 3.00. The van der Waals surface area contributed by atoms with Crippen LogP contribution in [-0.2, 0) is 14.4 Å². The predicted octanol–water partition coefficient (Wildman–Crippen LogP) is 1.43. The second-order valence-corrected chi connectivity index (χ2v) is 7.57. The van der Waals surface area contributed by atoms with Gasteiger partial charge in [0.05, 0.1) is 0 Å². The van der Waals surface area contributed by atoms with E-state index < -0.39 is 6.04 Å². The highest BCUT2D eigenvalue weighted by Gasteiger charge is 2.33. The van der Waals surface area contributed by atoms with Gasteiger partial charge in [-0.2, -0.15) is 0 Å². The molecule has 1 heterocycles. The first-order valence-corrected chi connectivity index (χ1v) is 9.28. The molecule has 0 radical (unpaired) electrons. The SMILES string of the molecule is CC(C)C(NC(=O)C1CCCCC1)C(=O)N1CCC(C(N)=O)CC1. The zero-order chi connectivity index (χ0) is 17.7. The third-order valence-electron chi connectivity index (χ3n) is 5.42. The first-order chi connectivity index (χ1) is 11.4. The Morgan fingerprint density at radius 3 is 2.04 bits per heavy atom. The van der Waals surface area contributed by atoms with E-state index in [0.29, 0.717) is 25.9 Å². The standard InChI is InChI=1S/C18H31N3O3/c1-12(2)15(20-17(23)14-6-4-3-5-7-14)18(24)21-10-8-13(9-11-21)16(19)22/h12-15H,3-11H2,1-2H3,(H2,19,22)(H,20,23). The lowest BCUT2D eigenvalue weighted by molar-refractivity contribution is -0.141. The average molecular weight is 337 g/mol. The summed E-state index contributed by atoms with van der Waals surface area (Å²) in [6, 6.07) is -0.482. The molecule has 1 unspecified atom stereocenters. The van der Waals surface area contributed by atoms with E-state index in [1.165, 1.54) is 6.42 Å². The summed E-state index contributed by atoms with van der Waals surface area (Å²) in [5.41, 5.74) is 5.35. The number of nitrogens with two attached hydrogens (primary N) is 1. The minimum absolute atomic E-state index is 0.0220. The van der Waals surface area contributed by atoms with Crippen molar-refractivity contribution in [2.24, 2.45) is 23.5 Å². The van der Waals surface area contributed by atoms with E-state index in [0.717, 1.165) is 25.7 Å². The number of piperidine rings is 1. The van der Waals surface area contributed by atoms with Crippen LogP contribution in [-0.4, -0.2) is 41.8 Å². The molecule has 0 bridgehead atoms. The number of likely N-dealkylation sites (tertiary alicyclic amines) is 1. The van der Waals surface area contributed by atoms with Gasteiger partial charge in [0.1, 0.15) is 6.04 Å². The van der Waals surface area contributed by atoms with Crippen molar-refractivity contribution in [3.8, 4) is 0 Å². The van der Waals surface area contributed by atoms with Gasteiger partial charge in [-0.05, 0) is 31.6 Å². The molecule has 3 N–H and O–H groups in total. The second-order valence-electron chi connectivity index (χ2n) is 7.57. The largest absolute Gasteiger partial charge is 0.369 e. The predicted molar refractivity (Wildman–Crippen MR) is 91.8 cm³/mol. The number of primary amides is 1. The molecule has 0 aromatic heterocycles. The number of rotatable bonds is 5. The summed E-state index contributed by atoms with van der Waals surface area (Å²) in [5.74, 6) is -0.338. The molecule has 0 aromatic rings. The topological polar surface area (TPSA) is 92.5 Å². The number of nitrogens with one attached hydrogen (secondary N) is 1. The molecule has 6 nitrogen and oxygen atoms in total. The van der Waals surface area contributed by atoms with E-state index in [-0.39, 0.29) is 35.5 Å². The fourth-order valence-corrected chi connectivity index (χ4v) is 3.73. The summed E-state index contributed by atoms with van der Waals surface area (Å²) in [6.07, 6.45) is 6.47. The Bertz CT molecular complexity index is 464. The van der Waals surface area contributed by atoms with Crippen LogP contribution in [0.4, 0.5) is 0 Å². The van der Waals surface area contributed by atoms with Crippen molar-refractivity contribution in [3.63, 3.8) is 0 Å². The molecule has 24 heavy (non-hydrogen) atoms. The molecule has 1 saturated heterocycles. The highest BCUT2D eigenvalue weighted by molar-refractivity contribution is 5.89. The Labute approximate surface area is 144 Å². The molecule has 136 valence electrons. The van der Waals surface area contributed by atoms with Gasteiger partial charge < -0.3 is 16.0 Å². The van der Waals surface area contributed by atoms with Crippen molar-refractivity contribution in [1.29, 1.82) is 0 Å². The van der Waals surface area contributed by atoms with E-state index in [2.05, 4.69) is 5.32 Å². The summed E-state index contributed by atoms with van der Waals surface area (Å²) in [6.45, 7) is 4.99. The Balaban J connectivity index is 1.93. The Morgan fingerprint density at radius 1 is 0.958 bits per heavy atom. The van der Waals surface area contributed by atoms with Crippen LogP contribution in [0, 0.1) is 17.8 Å². The Hall–Kier alpha value is -1.59. The van der Waals surface area contributed by atoms with Crippen LogP contribution in [0.3, 0.4) is 0 Å². The molecular weight excluding hydrogens is 306 g/mol. The van der Waals surface area contributed by atoms with E-state index >= 15 is 0 Å². The van der Waals surface area contributed by atoms with Crippen molar-refractivity contribution in [2.75, 3.05) is 13.1 Å². The Morgan fingerprint density at radius 2 is 1.54 bits per heavy atom. The monoisotopic (exact) mass is 337 g/mol. The molecule has 1 aliphatic heterocycles. The van der Waals surface area contributed by atoms with Gasteiger partial charge in [0.15, 0.2) is 0 Å². The molecule has 2 rings (SSSR count). The van der Waals surface area contributed by atoms with Gasteiger partial charge >= 0.3 is 0 Å². The molecule has 2 fully saturated rings. The molecule has 6 heteroatoms. The van der Waals surface area contributed by atoms with E-state index in [1.807, 2.05) is 13.8 Å². The van der Waals surface area contributed by atoms with Gasteiger partial charge in [-0.25, -0.2) is 0 Å². The van der Waals surface area contributed by atoms with E-state index in [1.54, 1.807) is 4.90 Å². The molecule has 1 saturated carbocycles. The summed E-state index contributed by atoms with van der Waals surface area (Å²) in [4.78, 5) is 38.4. The van der Waals surface area contributed by atoms with Crippen LogP contribution in [0.15, 0.2) is 0 Å². The lowest BCUT2D eigenvalue weighted by Crippen LogP contribution is -2.54. The van der Waals surface area contributed by atoms with Crippen LogP contribution in [0.25, 0.3) is 0 Å². The van der Waals surface area contributed by atoms with Crippen molar-refractivity contribution in [2.45, 2.75) is 64.8 Å². The smallest absolute Gasteiger partial charge is 0.245 e. The summed E-state index contributed by atoms with van der Waals surface area (Å²) in [7, 11) is 0. The fraction of sp³-hybridized carbons (Fsp3) is 0.833. The van der Waals surface area contributed by atoms with Gasteiger partial charge in [-0.15, -0.1) is 0 Å². The van der Waals surface area contributed by atoms with Crippen molar-refractivity contribution < 1.29 is 14.4 Å². The lowest BCUT2D eigenvalue weighted by Gasteiger charge is -2.35. The maximum atomic E-state index is 12.8. The van der Waals surface area contributed by atoms with Crippen LogP contribution < -0.4 is 11.1 Å². The Kier molecular flexibility index (Phi) is 6.63. The quantitative estimate of drug-likeness (QED) is 0.795. The fourth-order valence-electron chi connectivity index (χ4n) is 3.73. The minimum atomic E-state index is -0.482. The molecular formula is C18H31N3O3. The number of amides is 3. The number of carbonyl (C=O) groups is 3. The summed E-state index contributed by atoms with van der Waals surface area (Å²) >= 11 is 0. The number of nitrogens with zero attached hydrogens (tertiary/aromatic N) is 1. The highest BCUT2D eigenvalue weighted by atomic mass is 16.2. The van der Waals surface area contributed by atoms with Crippen molar-refractivity contribution in [3.05, 3.63) is 0 Å². The molecule has 3 amide bonds. The zero-order valence-electron chi connectivity index (χ0n) is 14.9. The number of hydrogen-bond donors (Lipinski definition) is 2. The third kappa shape index (κ3) is 4.71. The molecule has 2 aliphatic rings. The van der Waals surface area contributed by atoms with Gasteiger partial charge in [0.25, 0.3) is 0 Å². The van der Waals surface area contributed by atoms with Crippen LogP contribution >= 0.6 is 0 Å². The summed E-state index contributed by atoms with van der Waals surface area (Å²) < 4.78 is 0. The zero-order valence-corrected chi connectivity index (χ0v) is 14.9. The van der Waals surface area contributed by atoms with Crippen molar-refractivity contribution >= 4 is 17.7 Å². The van der Waals surface area contributed by atoms with Gasteiger partial charge in [-0.3, -0.25) is 14.4 Å². The maximum absolute atomic E-state index is 12.8. The normalized spacial score (nSPS) is 21.5. The second kappa shape index (κ2) is 8.49. The number of hydrogen-bond acceptors (Lipinski definition) is 3. The molecule has 1 aliphatic carbocycles. The number of carbonyl (C=O) groups excluding carboxylic acids is 3. The third-order valence-corrected chi connectivity index (χ3v) is 5.42. The van der Waals surface area contributed by atoms with E-state index in [4.69, 9.17) is 5.73 Å². The highest BCUT2D eigenvalue weighted by Crippen LogP contribution is 2.24. The van der Waals surface area contributed by atoms with Gasteiger partial charge in [0, 0.05) is 24.9 Å². The van der Waals surface area contributed by atoms with E-state index in [9.17, 15) is 14.4 Å².